The first kappa shape index (κ1) is 20.0. The molecule has 1 atom stereocenters. The van der Waals surface area contributed by atoms with Crippen LogP contribution < -0.4 is 10.2 Å². The fraction of sp³-hybridized carbons (Fsp3) is 0.500. The van der Waals surface area contributed by atoms with Crippen molar-refractivity contribution in [3.63, 3.8) is 0 Å². The van der Waals surface area contributed by atoms with Crippen molar-refractivity contribution in [2.24, 2.45) is 5.41 Å². The highest BCUT2D eigenvalue weighted by atomic mass is 32.1. The van der Waals surface area contributed by atoms with Crippen molar-refractivity contribution in [3.8, 4) is 0 Å². The highest BCUT2D eigenvalue weighted by molar-refractivity contribution is 7.80. The van der Waals surface area contributed by atoms with E-state index < -0.39 is 11.6 Å². The Balaban J connectivity index is 1.57. The van der Waals surface area contributed by atoms with E-state index in [1.807, 2.05) is 13.8 Å². The zero-order valence-electron chi connectivity index (χ0n) is 16.9. The van der Waals surface area contributed by atoms with Crippen LogP contribution in [0, 0.1) is 5.41 Å². The molecule has 1 fully saturated rings. The first-order valence-corrected chi connectivity index (χ1v) is 10.6. The Morgan fingerprint density at radius 1 is 1.28 bits per heavy atom. The smallest absolute Gasteiger partial charge is 0.405 e. The van der Waals surface area contributed by atoms with E-state index in [9.17, 15) is 9.90 Å². The fourth-order valence-corrected chi connectivity index (χ4v) is 5.34. The van der Waals surface area contributed by atoms with Gasteiger partial charge in [0.05, 0.1) is 12.4 Å². The molecule has 0 saturated carbocycles. The number of hydrogen-bond acceptors (Lipinski definition) is 5. The van der Waals surface area contributed by atoms with Crippen LogP contribution in [-0.4, -0.2) is 39.8 Å². The minimum absolute atomic E-state index is 0.161. The van der Waals surface area contributed by atoms with E-state index >= 15 is 0 Å². The van der Waals surface area contributed by atoms with Crippen LogP contribution in [0.1, 0.15) is 50.2 Å². The maximum Gasteiger partial charge on any atom is 0.405 e. The standard InChI is InChI=1S/C22H28N4O2S/c1-21(2,25-20(27)28)12-17-16-6-4-3-5-15(16)11-22(17)7-9-26(10-8-22)18-13-24-19(29)14-23-18/h3-6,13-14,17,25H,7-12H2,1-2H3,(H,24,29)(H,27,28)/t17-/m1/s1. The Kier molecular flexibility index (Phi) is 5.19. The first-order chi connectivity index (χ1) is 13.8. The molecule has 1 saturated heterocycles. The number of benzene rings is 1. The van der Waals surface area contributed by atoms with Gasteiger partial charge in [0.1, 0.15) is 10.8 Å². The maximum absolute atomic E-state index is 11.3. The molecule has 0 radical (unpaired) electrons. The fourth-order valence-electron chi connectivity index (χ4n) is 5.23. The minimum atomic E-state index is -0.962. The number of hydrogen-bond donors (Lipinski definition) is 3. The lowest BCUT2D eigenvalue weighted by molar-refractivity contribution is 0.143. The molecule has 1 aromatic carbocycles. The zero-order valence-corrected chi connectivity index (χ0v) is 17.8. The molecule has 2 aliphatic rings. The summed E-state index contributed by atoms with van der Waals surface area (Å²) in [4.78, 5) is 22.3. The summed E-state index contributed by atoms with van der Waals surface area (Å²) in [6.45, 7) is 5.83. The third-order valence-electron chi connectivity index (χ3n) is 6.58. The summed E-state index contributed by atoms with van der Waals surface area (Å²) in [5, 5.41) is 12.6. The molecule has 154 valence electrons. The molecule has 1 amide bonds. The molecule has 6 nitrogen and oxygen atoms in total. The van der Waals surface area contributed by atoms with E-state index in [2.05, 4.69) is 57.1 Å². The van der Waals surface area contributed by atoms with E-state index in [0.717, 1.165) is 44.6 Å². The zero-order chi connectivity index (χ0) is 20.6. The lowest BCUT2D eigenvalue weighted by Crippen LogP contribution is -2.48. The lowest BCUT2D eigenvalue weighted by Gasteiger charge is -2.45. The number of aromatic nitrogens is 2. The molecule has 0 unspecified atom stereocenters. The third kappa shape index (κ3) is 4.06. The Bertz CT molecular complexity index is 892. The molecule has 1 aliphatic heterocycles. The summed E-state index contributed by atoms with van der Waals surface area (Å²) in [5.41, 5.74) is 2.48. The molecule has 1 aromatic heterocycles. The van der Waals surface area contributed by atoms with Gasteiger partial charge in [0.2, 0.25) is 0 Å². The lowest BCUT2D eigenvalue weighted by atomic mass is 9.66. The quantitative estimate of drug-likeness (QED) is 0.658. The SMILES string of the molecule is CC(C)(C[C@@H]1c2ccccc2CC12CCN(c1cnc(S)cn1)CC2)NC(=O)O. The second kappa shape index (κ2) is 7.52. The van der Waals surface area contributed by atoms with Crippen LogP contribution in [0.4, 0.5) is 10.6 Å². The van der Waals surface area contributed by atoms with Gasteiger partial charge in [-0.15, -0.1) is 12.6 Å². The van der Waals surface area contributed by atoms with E-state index in [0.29, 0.717) is 10.9 Å². The van der Waals surface area contributed by atoms with Gasteiger partial charge >= 0.3 is 6.09 Å². The van der Waals surface area contributed by atoms with Gasteiger partial charge in [-0.1, -0.05) is 24.3 Å². The molecule has 29 heavy (non-hydrogen) atoms. The summed E-state index contributed by atoms with van der Waals surface area (Å²) in [6, 6.07) is 8.68. The van der Waals surface area contributed by atoms with Crippen molar-refractivity contribution in [2.75, 3.05) is 18.0 Å². The maximum atomic E-state index is 11.3. The van der Waals surface area contributed by atoms with Crippen molar-refractivity contribution >= 4 is 24.5 Å². The van der Waals surface area contributed by atoms with Crippen LogP contribution in [0.3, 0.4) is 0 Å². The second-order valence-electron chi connectivity index (χ2n) is 9.03. The average molecular weight is 413 g/mol. The van der Waals surface area contributed by atoms with Gasteiger partial charge in [-0.3, -0.25) is 0 Å². The molecule has 2 N–H and O–H groups in total. The predicted molar refractivity (Wildman–Crippen MR) is 116 cm³/mol. The van der Waals surface area contributed by atoms with Crippen LogP contribution >= 0.6 is 12.6 Å². The predicted octanol–water partition coefficient (Wildman–Crippen LogP) is 4.13. The van der Waals surface area contributed by atoms with Gasteiger partial charge in [-0.05, 0) is 62.0 Å². The summed E-state index contributed by atoms with van der Waals surface area (Å²) < 4.78 is 0. The van der Waals surface area contributed by atoms with Gasteiger partial charge in [0.25, 0.3) is 0 Å². The summed E-state index contributed by atoms with van der Waals surface area (Å²) in [6.07, 6.45) is 6.49. The number of amides is 1. The van der Waals surface area contributed by atoms with E-state index in [1.54, 1.807) is 12.4 Å². The van der Waals surface area contributed by atoms with Gasteiger partial charge in [0, 0.05) is 18.6 Å². The van der Waals surface area contributed by atoms with E-state index in [1.165, 1.54) is 11.1 Å². The number of carbonyl (C=O) groups is 1. The molecule has 2 heterocycles. The topological polar surface area (TPSA) is 78.4 Å². The van der Waals surface area contributed by atoms with Gasteiger partial charge < -0.3 is 15.3 Å². The highest BCUT2D eigenvalue weighted by Gasteiger charge is 2.49. The largest absolute Gasteiger partial charge is 0.465 e. The normalized spacial score (nSPS) is 20.5. The van der Waals surface area contributed by atoms with Crippen LogP contribution in [0.2, 0.25) is 0 Å². The number of anilines is 1. The summed E-state index contributed by atoms with van der Waals surface area (Å²) in [5.74, 6) is 1.24. The van der Waals surface area contributed by atoms with Crippen molar-refractivity contribution < 1.29 is 9.90 Å². The van der Waals surface area contributed by atoms with E-state index in [4.69, 9.17) is 0 Å². The molecule has 0 bridgehead atoms. The van der Waals surface area contributed by atoms with Crippen LogP contribution in [-0.2, 0) is 6.42 Å². The van der Waals surface area contributed by atoms with Crippen molar-refractivity contribution in [3.05, 3.63) is 47.8 Å². The minimum Gasteiger partial charge on any atom is -0.465 e. The Labute approximate surface area is 177 Å². The van der Waals surface area contributed by atoms with Crippen molar-refractivity contribution in [2.45, 2.75) is 56.0 Å². The van der Waals surface area contributed by atoms with Crippen LogP contribution in [0.15, 0.2) is 41.7 Å². The number of nitrogens with one attached hydrogen (secondary N) is 1. The number of fused-ring (bicyclic) bond motifs is 1. The number of nitrogens with zero attached hydrogens (tertiary/aromatic N) is 3. The first-order valence-electron chi connectivity index (χ1n) is 10.1. The van der Waals surface area contributed by atoms with Gasteiger partial charge in [-0.25, -0.2) is 14.8 Å². The third-order valence-corrected chi connectivity index (χ3v) is 6.81. The highest BCUT2D eigenvalue weighted by Crippen LogP contribution is 2.56. The average Bonchev–Trinajstić information content (AvgIpc) is 2.95. The molecular formula is C22H28N4O2S. The molecule has 2 aromatic rings. The Morgan fingerprint density at radius 2 is 2.00 bits per heavy atom. The van der Waals surface area contributed by atoms with Crippen LogP contribution in [0.5, 0.6) is 0 Å². The number of rotatable bonds is 4. The molecule has 4 rings (SSSR count). The van der Waals surface area contributed by atoms with Crippen LogP contribution in [0.25, 0.3) is 0 Å². The Hall–Kier alpha value is -2.28. The summed E-state index contributed by atoms with van der Waals surface area (Å²) >= 11 is 4.23. The molecule has 1 aliphatic carbocycles. The Morgan fingerprint density at radius 3 is 2.66 bits per heavy atom. The van der Waals surface area contributed by atoms with Gasteiger partial charge in [-0.2, -0.15) is 0 Å². The van der Waals surface area contributed by atoms with E-state index in [-0.39, 0.29) is 5.41 Å². The molecule has 1 spiro atoms. The molecule has 7 heteroatoms. The van der Waals surface area contributed by atoms with Gasteiger partial charge in [0.15, 0.2) is 0 Å². The monoisotopic (exact) mass is 412 g/mol. The molecular weight excluding hydrogens is 384 g/mol. The summed E-state index contributed by atoms with van der Waals surface area (Å²) in [7, 11) is 0. The van der Waals surface area contributed by atoms with Crippen molar-refractivity contribution in [1.29, 1.82) is 0 Å². The number of carboxylic acid groups (broad SMARTS) is 1. The van der Waals surface area contributed by atoms with Crippen molar-refractivity contribution in [1.82, 2.24) is 15.3 Å². The number of thiol groups is 1. The second-order valence-corrected chi connectivity index (χ2v) is 9.49. The number of piperidine rings is 1.